The molecule has 1 aromatic carbocycles. The number of hydrogen-bond acceptors (Lipinski definition) is 6. The van der Waals surface area contributed by atoms with Crippen molar-refractivity contribution in [1.82, 2.24) is 5.32 Å². The van der Waals surface area contributed by atoms with Crippen molar-refractivity contribution in [3.8, 4) is 0 Å². The first-order valence-electron chi connectivity index (χ1n) is 7.99. The summed E-state index contributed by atoms with van der Waals surface area (Å²) in [5, 5.41) is 14.4. The molecule has 1 aliphatic rings. The van der Waals surface area contributed by atoms with Gasteiger partial charge in [-0.05, 0) is 31.5 Å². The van der Waals surface area contributed by atoms with E-state index >= 15 is 0 Å². The SMILES string of the molecule is COC(=O)C1=C(C)NC(C)=C(c2ccco2)C1c1cccc([N+](=O)[O-])c1. The molecule has 0 amide bonds. The molecule has 7 nitrogen and oxygen atoms in total. The van der Waals surface area contributed by atoms with Crippen LogP contribution in [-0.2, 0) is 9.53 Å². The summed E-state index contributed by atoms with van der Waals surface area (Å²) in [6, 6.07) is 9.80. The maximum absolute atomic E-state index is 12.5. The number of carbonyl (C=O) groups excluding carboxylic acids is 1. The number of nitrogens with zero attached hydrogens (tertiary/aromatic N) is 1. The van der Waals surface area contributed by atoms with Crippen molar-refractivity contribution in [3.63, 3.8) is 0 Å². The van der Waals surface area contributed by atoms with Crippen LogP contribution in [0.3, 0.4) is 0 Å². The Labute approximate surface area is 150 Å². The Morgan fingerprint density at radius 3 is 2.62 bits per heavy atom. The zero-order valence-corrected chi connectivity index (χ0v) is 14.6. The third-order valence-corrected chi connectivity index (χ3v) is 4.37. The Balaban J connectivity index is 2.25. The molecule has 1 unspecified atom stereocenters. The monoisotopic (exact) mass is 354 g/mol. The number of esters is 1. The van der Waals surface area contributed by atoms with Crippen LogP contribution in [0.4, 0.5) is 5.69 Å². The van der Waals surface area contributed by atoms with E-state index in [4.69, 9.17) is 9.15 Å². The number of carbonyl (C=O) groups is 1. The highest BCUT2D eigenvalue weighted by Gasteiger charge is 2.36. The number of benzene rings is 1. The van der Waals surface area contributed by atoms with Gasteiger partial charge in [0.2, 0.25) is 0 Å². The third kappa shape index (κ3) is 2.99. The van der Waals surface area contributed by atoms with Crippen LogP contribution in [0.15, 0.2) is 64.0 Å². The molecule has 0 bridgehead atoms. The average molecular weight is 354 g/mol. The molecular weight excluding hydrogens is 336 g/mol. The van der Waals surface area contributed by atoms with Gasteiger partial charge < -0.3 is 14.5 Å². The lowest BCUT2D eigenvalue weighted by atomic mass is 9.79. The highest BCUT2D eigenvalue weighted by Crippen LogP contribution is 2.44. The normalized spacial score (nSPS) is 17.1. The van der Waals surface area contributed by atoms with Crippen LogP contribution in [0.2, 0.25) is 0 Å². The number of nitro benzene ring substituents is 1. The Kier molecular flexibility index (Phi) is 4.62. The predicted molar refractivity (Wildman–Crippen MR) is 95.0 cm³/mol. The molecule has 0 saturated heterocycles. The molecule has 0 spiro atoms. The highest BCUT2D eigenvalue weighted by atomic mass is 16.6. The van der Waals surface area contributed by atoms with Crippen molar-refractivity contribution in [2.24, 2.45) is 0 Å². The minimum atomic E-state index is -0.547. The van der Waals surface area contributed by atoms with Gasteiger partial charge in [-0.15, -0.1) is 0 Å². The number of furan rings is 1. The predicted octanol–water partition coefficient (Wildman–Crippen LogP) is 3.75. The molecule has 2 heterocycles. The van der Waals surface area contributed by atoms with E-state index in [9.17, 15) is 14.9 Å². The fourth-order valence-electron chi connectivity index (χ4n) is 3.28. The molecule has 26 heavy (non-hydrogen) atoms. The Hall–Kier alpha value is -3.35. The summed E-state index contributed by atoms with van der Waals surface area (Å²) in [7, 11) is 1.31. The van der Waals surface area contributed by atoms with Crippen LogP contribution in [0.1, 0.15) is 31.1 Å². The van der Waals surface area contributed by atoms with Gasteiger partial charge in [-0.2, -0.15) is 0 Å². The first kappa shape index (κ1) is 17.5. The molecule has 7 heteroatoms. The summed E-state index contributed by atoms with van der Waals surface area (Å²) in [6.45, 7) is 3.65. The molecule has 1 aliphatic heterocycles. The Bertz CT molecular complexity index is 925. The minimum Gasteiger partial charge on any atom is -0.466 e. The van der Waals surface area contributed by atoms with Crippen molar-refractivity contribution in [3.05, 3.63) is 81.1 Å². The third-order valence-electron chi connectivity index (χ3n) is 4.37. The maximum Gasteiger partial charge on any atom is 0.336 e. The highest BCUT2D eigenvalue weighted by molar-refractivity contribution is 5.97. The lowest BCUT2D eigenvalue weighted by molar-refractivity contribution is -0.384. The van der Waals surface area contributed by atoms with Gasteiger partial charge in [0.05, 0.1) is 23.9 Å². The van der Waals surface area contributed by atoms with E-state index in [1.54, 1.807) is 37.5 Å². The minimum absolute atomic E-state index is 0.0423. The molecule has 3 rings (SSSR count). The fraction of sp³-hybridized carbons (Fsp3) is 0.211. The summed E-state index contributed by atoms with van der Waals surface area (Å²) in [6.07, 6.45) is 1.54. The van der Waals surface area contributed by atoms with E-state index in [0.29, 0.717) is 22.6 Å². The zero-order valence-electron chi connectivity index (χ0n) is 14.6. The van der Waals surface area contributed by atoms with Crippen molar-refractivity contribution in [1.29, 1.82) is 0 Å². The van der Waals surface area contributed by atoms with Gasteiger partial charge in [0, 0.05) is 35.0 Å². The van der Waals surface area contributed by atoms with Crippen LogP contribution >= 0.6 is 0 Å². The van der Waals surface area contributed by atoms with E-state index in [1.165, 1.54) is 19.2 Å². The van der Waals surface area contributed by atoms with Crippen molar-refractivity contribution >= 4 is 17.2 Å². The van der Waals surface area contributed by atoms with Crippen LogP contribution < -0.4 is 5.32 Å². The van der Waals surface area contributed by atoms with Crippen molar-refractivity contribution in [2.45, 2.75) is 19.8 Å². The fourth-order valence-corrected chi connectivity index (χ4v) is 3.28. The number of methoxy groups -OCH3 is 1. The quantitative estimate of drug-likeness (QED) is 0.510. The Morgan fingerprint density at radius 1 is 1.23 bits per heavy atom. The number of allylic oxidation sites excluding steroid dienone is 3. The largest absolute Gasteiger partial charge is 0.466 e. The molecule has 0 saturated carbocycles. The molecule has 0 fully saturated rings. The van der Waals surface area contributed by atoms with E-state index in [1.807, 2.05) is 6.92 Å². The molecule has 0 aliphatic carbocycles. The van der Waals surface area contributed by atoms with Crippen LogP contribution in [0.25, 0.3) is 5.57 Å². The molecule has 0 radical (unpaired) electrons. The standard InChI is InChI=1S/C19H18N2O5/c1-11-16(15-8-5-9-26-15)18(17(12(2)20-11)19(22)25-3)13-6-4-7-14(10-13)21(23)24/h4-10,18,20H,1-3H3. The lowest BCUT2D eigenvalue weighted by Crippen LogP contribution is -2.28. The number of ether oxygens (including phenoxy) is 1. The first-order valence-corrected chi connectivity index (χ1v) is 7.99. The second-order valence-corrected chi connectivity index (χ2v) is 5.96. The van der Waals surface area contributed by atoms with Gasteiger partial charge in [0.1, 0.15) is 5.76 Å². The smallest absolute Gasteiger partial charge is 0.336 e. The second-order valence-electron chi connectivity index (χ2n) is 5.96. The van der Waals surface area contributed by atoms with Crippen LogP contribution in [0, 0.1) is 10.1 Å². The summed E-state index contributed by atoms with van der Waals surface area (Å²) in [4.78, 5) is 23.2. The molecular formula is C19H18N2O5. The molecule has 2 aromatic rings. The van der Waals surface area contributed by atoms with Crippen molar-refractivity contribution in [2.75, 3.05) is 7.11 Å². The van der Waals surface area contributed by atoms with E-state index in [0.717, 1.165) is 11.3 Å². The average Bonchev–Trinajstić information content (AvgIpc) is 3.14. The molecule has 134 valence electrons. The number of rotatable bonds is 4. The van der Waals surface area contributed by atoms with E-state index in [-0.39, 0.29) is 5.69 Å². The van der Waals surface area contributed by atoms with E-state index < -0.39 is 16.8 Å². The van der Waals surface area contributed by atoms with Gasteiger partial charge in [-0.1, -0.05) is 12.1 Å². The number of dihydropyridines is 1. The zero-order chi connectivity index (χ0) is 18.8. The van der Waals surface area contributed by atoms with E-state index in [2.05, 4.69) is 5.32 Å². The number of non-ortho nitro benzene ring substituents is 1. The number of hydrogen-bond donors (Lipinski definition) is 1. The summed E-state index contributed by atoms with van der Waals surface area (Å²) in [5.74, 6) is -0.460. The Morgan fingerprint density at radius 2 is 2.00 bits per heavy atom. The van der Waals surface area contributed by atoms with Gasteiger partial charge in [-0.25, -0.2) is 4.79 Å². The number of nitrogens with one attached hydrogen (secondary N) is 1. The maximum atomic E-state index is 12.5. The summed E-state index contributed by atoms with van der Waals surface area (Å²) in [5.41, 5.74) is 3.15. The topological polar surface area (TPSA) is 94.6 Å². The summed E-state index contributed by atoms with van der Waals surface area (Å²) < 4.78 is 10.5. The summed E-state index contributed by atoms with van der Waals surface area (Å²) >= 11 is 0. The molecule has 1 atom stereocenters. The van der Waals surface area contributed by atoms with Gasteiger partial charge >= 0.3 is 5.97 Å². The second kappa shape index (κ2) is 6.87. The van der Waals surface area contributed by atoms with Gasteiger partial charge in [0.15, 0.2) is 0 Å². The van der Waals surface area contributed by atoms with Gasteiger partial charge in [-0.3, -0.25) is 10.1 Å². The number of nitro groups is 1. The van der Waals surface area contributed by atoms with Crippen LogP contribution in [0.5, 0.6) is 0 Å². The van der Waals surface area contributed by atoms with Gasteiger partial charge in [0.25, 0.3) is 5.69 Å². The van der Waals surface area contributed by atoms with Crippen molar-refractivity contribution < 1.29 is 18.9 Å². The lowest BCUT2D eigenvalue weighted by Gasteiger charge is -2.30. The van der Waals surface area contributed by atoms with Crippen LogP contribution in [-0.4, -0.2) is 18.0 Å². The first-order chi connectivity index (χ1) is 12.4. The molecule has 1 aromatic heterocycles. The molecule has 1 N–H and O–H groups in total.